The van der Waals surface area contributed by atoms with Crippen LogP contribution >= 0.6 is 28.1 Å². The number of carbonyl (C=O) groups is 2. The topological polar surface area (TPSA) is 61.4 Å². The van der Waals surface area contributed by atoms with Crippen LogP contribution in [0.5, 0.6) is 0 Å². The van der Waals surface area contributed by atoms with Gasteiger partial charge in [-0.2, -0.15) is 0 Å². The quantitative estimate of drug-likeness (QED) is 0.579. The average molecular weight is 462 g/mol. The summed E-state index contributed by atoms with van der Waals surface area (Å²) in [5.41, 5.74) is 1.75. The lowest BCUT2D eigenvalue weighted by molar-refractivity contribution is 0.0755. The summed E-state index contributed by atoms with van der Waals surface area (Å²) >= 11 is 8.57. The summed E-state index contributed by atoms with van der Waals surface area (Å²) in [5.74, 6) is -0.300. The predicted molar refractivity (Wildman–Crippen MR) is 121 cm³/mol. The highest BCUT2D eigenvalue weighted by Gasteiger charge is 2.15. The molecule has 2 rings (SSSR count). The summed E-state index contributed by atoms with van der Waals surface area (Å²) in [6.07, 6.45) is 1.83. The van der Waals surface area contributed by atoms with E-state index >= 15 is 0 Å². The molecule has 2 aromatic carbocycles. The maximum atomic E-state index is 12.7. The van der Waals surface area contributed by atoms with Crippen molar-refractivity contribution in [2.45, 2.75) is 26.7 Å². The Bertz CT molecular complexity index is 834. The first kappa shape index (κ1) is 22.0. The Morgan fingerprint density at radius 2 is 1.64 bits per heavy atom. The third-order valence-corrected chi connectivity index (χ3v) is 4.71. The third-order valence-electron chi connectivity index (χ3n) is 3.98. The molecule has 0 saturated heterocycles. The molecule has 0 heterocycles. The second-order valence-corrected chi connectivity index (χ2v) is 7.61. The largest absolute Gasteiger partial charge is 0.339 e. The fraction of sp³-hybridized carbons (Fsp3) is 0.286. The highest BCUT2D eigenvalue weighted by Crippen LogP contribution is 2.14. The number of rotatable bonds is 7. The molecular weight excluding hydrogens is 438 g/mol. The van der Waals surface area contributed by atoms with Crippen LogP contribution in [-0.4, -0.2) is 34.9 Å². The summed E-state index contributed by atoms with van der Waals surface area (Å²) in [5, 5.41) is 5.80. The van der Waals surface area contributed by atoms with Crippen molar-refractivity contribution < 1.29 is 9.59 Å². The van der Waals surface area contributed by atoms with Gasteiger partial charge in [0.2, 0.25) is 0 Å². The number of hydrogen-bond acceptors (Lipinski definition) is 3. The molecule has 0 aliphatic carbocycles. The van der Waals surface area contributed by atoms with Gasteiger partial charge in [0.1, 0.15) is 0 Å². The first-order valence-corrected chi connectivity index (χ1v) is 10.4. The molecule has 0 atom stereocenters. The highest BCUT2D eigenvalue weighted by molar-refractivity contribution is 9.10. The van der Waals surface area contributed by atoms with Gasteiger partial charge in [-0.25, -0.2) is 0 Å². The smallest absolute Gasteiger partial charge is 0.257 e. The van der Waals surface area contributed by atoms with Crippen LogP contribution in [0.25, 0.3) is 0 Å². The molecule has 7 heteroatoms. The number of nitrogens with zero attached hydrogens (tertiary/aromatic N) is 1. The highest BCUT2D eigenvalue weighted by atomic mass is 79.9. The van der Waals surface area contributed by atoms with Crippen molar-refractivity contribution in [1.82, 2.24) is 10.2 Å². The Morgan fingerprint density at radius 3 is 2.25 bits per heavy atom. The molecule has 2 N–H and O–H groups in total. The minimum atomic E-state index is -0.297. The van der Waals surface area contributed by atoms with E-state index in [1.54, 1.807) is 48.5 Å². The number of anilines is 1. The van der Waals surface area contributed by atoms with Gasteiger partial charge in [-0.3, -0.25) is 14.9 Å². The van der Waals surface area contributed by atoms with E-state index in [0.717, 1.165) is 30.4 Å². The van der Waals surface area contributed by atoms with E-state index in [-0.39, 0.29) is 16.9 Å². The number of thiocarbonyl (C=S) groups is 1. The van der Waals surface area contributed by atoms with Gasteiger partial charge >= 0.3 is 0 Å². The minimum absolute atomic E-state index is 0.00262. The second kappa shape index (κ2) is 10.9. The zero-order chi connectivity index (χ0) is 20.5. The molecule has 0 fully saturated rings. The van der Waals surface area contributed by atoms with Crippen LogP contribution in [0.2, 0.25) is 0 Å². The van der Waals surface area contributed by atoms with Crippen LogP contribution in [0.15, 0.2) is 53.0 Å². The van der Waals surface area contributed by atoms with E-state index in [2.05, 4.69) is 40.4 Å². The van der Waals surface area contributed by atoms with Gasteiger partial charge in [0.25, 0.3) is 11.8 Å². The first-order valence-electron chi connectivity index (χ1n) is 9.21. The molecule has 2 aromatic rings. The molecule has 0 saturated carbocycles. The van der Waals surface area contributed by atoms with Crippen molar-refractivity contribution in [3.63, 3.8) is 0 Å². The summed E-state index contributed by atoms with van der Waals surface area (Å²) in [6.45, 7) is 5.57. The lowest BCUT2D eigenvalue weighted by Crippen LogP contribution is -2.34. The molecular formula is C21H24BrN3O2S. The van der Waals surface area contributed by atoms with Gasteiger partial charge in [-0.05, 0) is 67.5 Å². The number of benzene rings is 2. The predicted octanol–water partition coefficient (Wildman–Crippen LogP) is 4.84. The van der Waals surface area contributed by atoms with Crippen molar-refractivity contribution in [2.24, 2.45) is 0 Å². The van der Waals surface area contributed by atoms with E-state index in [1.807, 2.05) is 4.90 Å². The fourth-order valence-electron chi connectivity index (χ4n) is 2.71. The van der Waals surface area contributed by atoms with E-state index in [4.69, 9.17) is 12.2 Å². The van der Waals surface area contributed by atoms with Gasteiger partial charge in [0.05, 0.1) is 0 Å². The molecule has 0 unspecified atom stereocenters. The van der Waals surface area contributed by atoms with Gasteiger partial charge < -0.3 is 10.2 Å². The number of halogens is 1. The molecule has 0 aromatic heterocycles. The molecule has 5 nitrogen and oxygen atoms in total. The van der Waals surface area contributed by atoms with Crippen molar-refractivity contribution in [3.05, 3.63) is 64.1 Å². The van der Waals surface area contributed by atoms with Crippen LogP contribution in [0.3, 0.4) is 0 Å². The summed E-state index contributed by atoms with van der Waals surface area (Å²) in [4.78, 5) is 26.8. The first-order chi connectivity index (χ1) is 13.4. The van der Waals surface area contributed by atoms with E-state index < -0.39 is 0 Å². The average Bonchev–Trinajstić information content (AvgIpc) is 2.67. The van der Waals surface area contributed by atoms with E-state index in [9.17, 15) is 9.59 Å². The van der Waals surface area contributed by atoms with Gasteiger partial charge in [0.15, 0.2) is 5.11 Å². The van der Waals surface area contributed by atoms with Crippen molar-refractivity contribution in [3.8, 4) is 0 Å². The number of carbonyl (C=O) groups excluding carboxylic acids is 2. The Balaban J connectivity index is 2.03. The summed E-state index contributed by atoms with van der Waals surface area (Å²) in [6, 6.07) is 14.1. The standard InChI is InChI=1S/C21H24BrN3O2S/c1-3-12-25(13-4-2)20(27)16-6-5-7-18(14-16)23-21(28)24-19(26)15-8-10-17(22)11-9-15/h5-11,14H,3-4,12-13H2,1-2H3,(H2,23,24,26,28). The number of amides is 2. The second-order valence-electron chi connectivity index (χ2n) is 6.29. The zero-order valence-corrected chi connectivity index (χ0v) is 18.4. The van der Waals surface area contributed by atoms with Crippen LogP contribution in [0, 0.1) is 0 Å². The number of nitrogens with one attached hydrogen (secondary N) is 2. The Kier molecular flexibility index (Phi) is 8.60. The zero-order valence-electron chi connectivity index (χ0n) is 16.0. The fourth-order valence-corrected chi connectivity index (χ4v) is 3.18. The van der Waals surface area contributed by atoms with Crippen molar-refractivity contribution in [1.29, 1.82) is 0 Å². The molecule has 0 aliphatic heterocycles. The monoisotopic (exact) mass is 461 g/mol. The number of hydrogen-bond donors (Lipinski definition) is 2. The molecule has 148 valence electrons. The summed E-state index contributed by atoms with van der Waals surface area (Å²) in [7, 11) is 0. The molecule has 0 bridgehead atoms. The van der Waals surface area contributed by atoms with Gasteiger partial charge in [-0.1, -0.05) is 35.8 Å². The SMILES string of the molecule is CCCN(CCC)C(=O)c1cccc(NC(=S)NC(=O)c2ccc(Br)cc2)c1. The lowest BCUT2D eigenvalue weighted by Gasteiger charge is -2.21. The Labute approximate surface area is 179 Å². The van der Waals surface area contributed by atoms with E-state index in [0.29, 0.717) is 16.8 Å². The van der Waals surface area contributed by atoms with Crippen molar-refractivity contribution in [2.75, 3.05) is 18.4 Å². The van der Waals surface area contributed by atoms with Crippen LogP contribution < -0.4 is 10.6 Å². The molecule has 2 amide bonds. The van der Waals surface area contributed by atoms with E-state index in [1.165, 1.54) is 0 Å². The Morgan fingerprint density at radius 1 is 1.00 bits per heavy atom. The maximum absolute atomic E-state index is 12.7. The molecule has 0 radical (unpaired) electrons. The van der Waals surface area contributed by atoms with Gasteiger partial charge in [0, 0.05) is 34.4 Å². The molecule has 0 spiro atoms. The van der Waals surface area contributed by atoms with Crippen LogP contribution in [0.1, 0.15) is 47.4 Å². The Hall–Kier alpha value is -2.25. The van der Waals surface area contributed by atoms with Crippen molar-refractivity contribution >= 4 is 50.8 Å². The van der Waals surface area contributed by atoms with Crippen LogP contribution in [-0.2, 0) is 0 Å². The normalized spacial score (nSPS) is 10.2. The molecule has 0 aliphatic rings. The third kappa shape index (κ3) is 6.42. The van der Waals surface area contributed by atoms with Gasteiger partial charge in [-0.15, -0.1) is 0 Å². The summed E-state index contributed by atoms with van der Waals surface area (Å²) < 4.78 is 0.895. The van der Waals surface area contributed by atoms with Crippen LogP contribution in [0.4, 0.5) is 5.69 Å². The molecule has 28 heavy (non-hydrogen) atoms. The lowest BCUT2D eigenvalue weighted by atomic mass is 10.1. The maximum Gasteiger partial charge on any atom is 0.257 e. The minimum Gasteiger partial charge on any atom is -0.339 e.